The second-order valence-corrected chi connectivity index (χ2v) is 3.69. The van der Waals surface area contributed by atoms with Crippen LogP contribution in [-0.2, 0) is 4.79 Å². The van der Waals surface area contributed by atoms with Crippen molar-refractivity contribution in [1.82, 2.24) is 0 Å². The van der Waals surface area contributed by atoms with E-state index in [1.807, 2.05) is 0 Å². The summed E-state index contributed by atoms with van der Waals surface area (Å²) in [6.07, 6.45) is 4.05. The quantitative estimate of drug-likeness (QED) is 0.574. The number of carbonyl (C=O) groups is 1. The molecule has 0 radical (unpaired) electrons. The average molecular weight is 163 g/mol. The van der Waals surface area contributed by atoms with E-state index in [2.05, 4.69) is 11.8 Å². The first-order valence-electron chi connectivity index (χ1n) is 4.56. The summed E-state index contributed by atoms with van der Waals surface area (Å²) >= 11 is 0. The second-order valence-electron chi connectivity index (χ2n) is 3.69. The van der Waals surface area contributed by atoms with E-state index in [0.29, 0.717) is 11.8 Å². The molecule has 2 nitrogen and oxygen atoms in total. The van der Waals surface area contributed by atoms with Crippen molar-refractivity contribution in [1.29, 1.82) is 0 Å². The van der Waals surface area contributed by atoms with E-state index >= 15 is 0 Å². The number of carbonyl (C=O) groups excluding carboxylic acids is 1. The summed E-state index contributed by atoms with van der Waals surface area (Å²) in [6, 6.07) is 0. The van der Waals surface area contributed by atoms with Crippen LogP contribution in [0.3, 0.4) is 0 Å². The normalized spacial score (nSPS) is 38.2. The highest BCUT2D eigenvalue weighted by atomic mass is 16.1. The fraction of sp³-hybridized carbons (Fsp3) is 0.700. The van der Waals surface area contributed by atoms with Gasteiger partial charge in [0, 0.05) is 18.8 Å². The molecule has 64 valence electrons. The summed E-state index contributed by atoms with van der Waals surface area (Å²) in [5, 5.41) is 0. The number of amides is 1. The first kappa shape index (κ1) is 7.67. The number of hydrogen-bond donors (Lipinski definition) is 1. The SMILES string of the molecule is NC(=O)C1C2CCC#CCCC21. The highest BCUT2D eigenvalue weighted by molar-refractivity contribution is 5.80. The summed E-state index contributed by atoms with van der Waals surface area (Å²) < 4.78 is 0. The van der Waals surface area contributed by atoms with Gasteiger partial charge in [-0.15, -0.1) is 11.8 Å². The summed E-state index contributed by atoms with van der Waals surface area (Å²) in [6.45, 7) is 0. The van der Waals surface area contributed by atoms with Crippen molar-refractivity contribution in [2.24, 2.45) is 23.5 Å². The van der Waals surface area contributed by atoms with Gasteiger partial charge >= 0.3 is 0 Å². The largest absolute Gasteiger partial charge is 0.369 e. The van der Waals surface area contributed by atoms with E-state index in [0.717, 1.165) is 25.7 Å². The lowest BCUT2D eigenvalue weighted by Crippen LogP contribution is -2.14. The van der Waals surface area contributed by atoms with Gasteiger partial charge in [0.1, 0.15) is 0 Å². The van der Waals surface area contributed by atoms with Crippen LogP contribution in [0.2, 0.25) is 0 Å². The van der Waals surface area contributed by atoms with Crippen molar-refractivity contribution in [2.45, 2.75) is 25.7 Å². The van der Waals surface area contributed by atoms with Crippen LogP contribution in [0.4, 0.5) is 0 Å². The van der Waals surface area contributed by atoms with Gasteiger partial charge in [-0.1, -0.05) is 0 Å². The van der Waals surface area contributed by atoms with Crippen LogP contribution in [0.25, 0.3) is 0 Å². The molecule has 2 atom stereocenters. The molecule has 0 aromatic carbocycles. The molecule has 0 aromatic heterocycles. The van der Waals surface area contributed by atoms with Gasteiger partial charge in [0.05, 0.1) is 0 Å². The Morgan fingerprint density at radius 3 is 2.08 bits per heavy atom. The van der Waals surface area contributed by atoms with E-state index in [1.165, 1.54) is 0 Å². The molecule has 0 bridgehead atoms. The van der Waals surface area contributed by atoms with Gasteiger partial charge in [0.25, 0.3) is 0 Å². The van der Waals surface area contributed by atoms with E-state index in [4.69, 9.17) is 5.73 Å². The van der Waals surface area contributed by atoms with Crippen LogP contribution in [-0.4, -0.2) is 5.91 Å². The molecule has 2 N–H and O–H groups in total. The van der Waals surface area contributed by atoms with E-state index in [-0.39, 0.29) is 11.8 Å². The molecule has 1 saturated carbocycles. The van der Waals surface area contributed by atoms with Gasteiger partial charge in [-0.2, -0.15) is 0 Å². The highest BCUT2D eigenvalue weighted by Crippen LogP contribution is 2.51. The lowest BCUT2D eigenvalue weighted by molar-refractivity contribution is -0.119. The van der Waals surface area contributed by atoms with Crippen molar-refractivity contribution in [3.8, 4) is 11.8 Å². The third-order valence-electron chi connectivity index (χ3n) is 2.99. The Kier molecular flexibility index (Phi) is 1.80. The zero-order valence-electron chi connectivity index (χ0n) is 7.05. The Morgan fingerprint density at radius 2 is 1.67 bits per heavy atom. The Labute approximate surface area is 72.5 Å². The Balaban J connectivity index is 1.99. The van der Waals surface area contributed by atoms with E-state index in [1.54, 1.807) is 0 Å². The average Bonchev–Trinajstić information content (AvgIpc) is 2.60. The van der Waals surface area contributed by atoms with E-state index in [9.17, 15) is 4.79 Å². The molecule has 0 aromatic rings. The van der Waals surface area contributed by atoms with Crippen molar-refractivity contribution in [3.63, 3.8) is 0 Å². The van der Waals surface area contributed by atoms with Gasteiger partial charge in [0.15, 0.2) is 0 Å². The summed E-state index contributed by atoms with van der Waals surface area (Å²) in [5.74, 6) is 7.41. The molecule has 1 fully saturated rings. The molecule has 0 heterocycles. The predicted molar refractivity (Wildman–Crippen MR) is 45.9 cm³/mol. The van der Waals surface area contributed by atoms with E-state index < -0.39 is 0 Å². The minimum atomic E-state index is -0.105. The topological polar surface area (TPSA) is 43.1 Å². The third-order valence-corrected chi connectivity index (χ3v) is 2.99. The predicted octanol–water partition coefficient (Wildman–Crippen LogP) is 0.911. The summed E-state index contributed by atoms with van der Waals surface area (Å²) in [4.78, 5) is 10.9. The van der Waals surface area contributed by atoms with Crippen molar-refractivity contribution in [3.05, 3.63) is 0 Å². The fourth-order valence-electron chi connectivity index (χ4n) is 2.31. The molecular formula is C10H13NO. The van der Waals surface area contributed by atoms with Crippen molar-refractivity contribution >= 4 is 5.91 Å². The molecule has 0 saturated heterocycles. The number of fused-ring (bicyclic) bond motifs is 1. The Hall–Kier alpha value is -0.970. The molecule has 2 rings (SSSR count). The molecule has 0 spiro atoms. The van der Waals surface area contributed by atoms with Crippen molar-refractivity contribution < 1.29 is 4.79 Å². The first-order chi connectivity index (χ1) is 5.80. The van der Waals surface area contributed by atoms with Crippen LogP contribution < -0.4 is 5.73 Å². The van der Waals surface area contributed by atoms with Crippen LogP contribution in [0.1, 0.15) is 25.7 Å². The minimum Gasteiger partial charge on any atom is -0.369 e. The van der Waals surface area contributed by atoms with Gasteiger partial charge in [-0.25, -0.2) is 0 Å². The fourth-order valence-corrected chi connectivity index (χ4v) is 2.31. The van der Waals surface area contributed by atoms with Crippen molar-refractivity contribution in [2.75, 3.05) is 0 Å². The van der Waals surface area contributed by atoms with Gasteiger partial charge in [-0.05, 0) is 24.7 Å². The monoisotopic (exact) mass is 163 g/mol. The van der Waals surface area contributed by atoms with Crippen LogP contribution in [0, 0.1) is 29.6 Å². The molecule has 12 heavy (non-hydrogen) atoms. The standard InChI is InChI=1S/C10H13NO/c11-10(12)9-7-5-3-1-2-4-6-8(7)9/h7-9H,3-6H2,(H2,11,12). The van der Waals surface area contributed by atoms with Crippen LogP contribution in [0.15, 0.2) is 0 Å². The number of nitrogens with two attached hydrogens (primary N) is 1. The molecule has 2 aliphatic carbocycles. The summed E-state index contributed by atoms with van der Waals surface area (Å²) in [7, 11) is 0. The lowest BCUT2D eigenvalue weighted by atomic mass is 10.1. The Bertz CT molecular complexity index is 243. The van der Waals surface area contributed by atoms with Gasteiger partial charge in [0.2, 0.25) is 5.91 Å². The maximum absolute atomic E-state index is 10.9. The molecule has 2 aliphatic rings. The molecular weight excluding hydrogens is 150 g/mol. The molecule has 0 aliphatic heterocycles. The first-order valence-corrected chi connectivity index (χ1v) is 4.56. The number of primary amides is 1. The Morgan fingerprint density at radius 1 is 1.17 bits per heavy atom. The van der Waals surface area contributed by atoms with Crippen LogP contribution in [0.5, 0.6) is 0 Å². The zero-order chi connectivity index (χ0) is 8.55. The molecule has 2 heteroatoms. The molecule has 1 amide bonds. The second kappa shape index (κ2) is 2.82. The maximum Gasteiger partial charge on any atom is 0.221 e. The van der Waals surface area contributed by atoms with Gasteiger partial charge < -0.3 is 5.73 Å². The summed E-state index contributed by atoms with van der Waals surface area (Å²) in [5.41, 5.74) is 5.28. The minimum absolute atomic E-state index is 0.105. The highest BCUT2D eigenvalue weighted by Gasteiger charge is 2.52. The molecule has 2 unspecified atom stereocenters. The van der Waals surface area contributed by atoms with Gasteiger partial charge in [-0.3, -0.25) is 4.79 Å². The lowest BCUT2D eigenvalue weighted by Gasteiger charge is -1.96. The maximum atomic E-state index is 10.9. The third kappa shape index (κ3) is 1.20. The number of rotatable bonds is 1. The zero-order valence-corrected chi connectivity index (χ0v) is 7.05. The smallest absolute Gasteiger partial charge is 0.221 e. The number of hydrogen-bond acceptors (Lipinski definition) is 1. The van der Waals surface area contributed by atoms with Crippen LogP contribution >= 0.6 is 0 Å².